The molecule has 2 nitrogen and oxygen atoms in total. The Hall–Kier alpha value is -1.02. The highest BCUT2D eigenvalue weighted by molar-refractivity contribution is 5.19. The summed E-state index contributed by atoms with van der Waals surface area (Å²) < 4.78 is 0. The molecule has 0 aliphatic heterocycles. The van der Waals surface area contributed by atoms with Crippen LogP contribution in [0.1, 0.15) is 6.92 Å². The Balaban J connectivity index is 3.96. The molecule has 0 bridgehead atoms. The highest BCUT2D eigenvalue weighted by Crippen LogP contribution is 1.89. The summed E-state index contributed by atoms with van der Waals surface area (Å²) in [4.78, 5) is 0. The summed E-state index contributed by atoms with van der Waals surface area (Å²) in [7, 11) is 0. The van der Waals surface area contributed by atoms with Crippen molar-refractivity contribution in [2.45, 2.75) is 6.92 Å². The van der Waals surface area contributed by atoms with E-state index in [1.165, 1.54) is 0 Å². The Kier molecular flexibility index (Phi) is 4.54. The molecule has 0 amide bonds. The molecule has 50 valence electrons. The minimum absolute atomic E-state index is 0.632. The molecule has 2 heteroatoms. The van der Waals surface area contributed by atoms with Crippen molar-refractivity contribution in [3.05, 3.63) is 36.6 Å². The van der Waals surface area contributed by atoms with Gasteiger partial charge in [0, 0.05) is 0 Å². The minimum Gasteiger partial charge on any atom is -0.291 e. The Labute approximate surface area is 55.2 Å². The second-order valence-corrected chi connectivity index (χ2v) is 1.47. The smallest absolute Gasteiger partial charge is 0.0598 e. The second-order valence-electron chi connectivity index (χ2n) is 1.47. The van der Waals surface area contributed by atoms with E-state index in [1.807, 2.05) is 18.5 Å². The Bertz CT molecular complexity index is 136. The number of hydrogen-bond donors (Lipinski definition) is 2. The van der Waals surface area contributed by atoms with Crippen LogP contribution in [-0.2, 0) is 0 Å². The van der Waals surface area contributed by atoms with Crippen LogP contribution in [0.5, 0.6) is 0 Å². The Morgan fingerprint density at radius 1 is 1.67 bits per heavy atom. The van der Waals surface area contributed by atoms with Gasteiger partial charge in [-0.25, -0.2) is 0 Å². The molecule has 0 atom stereocenters. The fourth-order valence-corrected chi connectivity index (χ4v) is 0.437. The van der Waals surface area contributed by atoms with E-state index in [0.29, 0.717) is 5.70 Å². The first-order valence-electron chi connectivity index (χ1n) is 2.70. The fourth-order valence-electron chi connectivity index (χ4n) is 0.437. The van der Waals surface area contributed by atoms with Crippen LogP contribution in [0.25, 0.3) is 0 Å². The van der Waals surface area contributed by atoms with Crippen LogP contribution in [0.3, 0.4) is 0 Å². The fraction of sp³-hybridized carbons (Fsp3) is 0.143. The van der Waals surface area contributed by atoms with E-state index in [9.17, 15) is 0 Å². The number of hydrogen-bond acceptors (Lipinski definition) is 2. The molecular weight excluding hydrogens is 114 g/mol. The maximum atomic E-state index is 8.37. The number of hydroxylamine groups is 1. The molecule has 0 heterocycles. The Morgan fingerprint density at radius 2 is 2.33 bits per heavy atom. The van der Waals surface area contributed by atoms with Crippen LogP contribution in [-0.4, -0.2) is 5.21 Å². The molecule has 0 aromatic carbocycles. The number of nitrogens with one attached hydrogen (secondary N) is 1. The quantitative estimate of drug-likeness (QED) is 0.443. The average Bonchev–Trinajstić information content (AvgIpc) is 1.88. The molecule has 0 saturated heterocycles. The van der Waals surface area contributed by atoms with E-state index in [-0.39, 0.29) is 0 Å². The molecule has 0 fully saturated rings. The lowest BCUT2D eigenvalue weighted by molar-refractivity contribution is 0.205. The van der Waals surface area contributed by atoms with Gasteiger partial charge in [-0.15, -0.1) is 0 Å². The van der Waals surface area contributed by atoms with E-state index in [1.54, 1.807) is 18.2 Å². The van der Waals surface area contributed by atoms with E-state index in [4.69, 9.17) is 5.21 Å². The first-order chi connectivity index (χ1) is 4.35. The van der Waals surface area contributed by atoms with Gasteiger partial charge in [0.05, 0.1) is 5.70 Å². The number of allylic oxidation sites excluding steroid dienone is 4. The van der Waals surface area contributed by atoms with Crippen molar-refractivity contribution in [3.63, 3.8) is 0 Å². The third kappa shape index (κ3) is 3.55. The average molecular weight is 125 g/mol. The summed E-state index contributed by atoms with van der Waals surface area (Å²) >= 11 is 0. The lowest BCUT2D eigenvalue weighted by atomic mass is 10.3. The maximum Gasteiger partial charge on any atom is 0.0598 e. The van der Waals surface area contributed by atoms with Gasteiger partial charge < -0.3 is 0 Å². The lowest BCUT2D eigenvalue weighted by Gasteiger charge is -1.94. The zero-order chi connectivity index (χ0) is 7.11. The van der Waals surface area contributed by atoms with Crippen LogP contribution < -0.4 is 5.48 Å². The van der Waals surface area contributed by atoms with Crippen molar-refractivity contribution in [2.24, 2.45) is 0 Å². The summed E-state index contributed by atoms with van der Waals surface area (Å²) in [6.07, 6.45) is 6.82. The molecule has 0 radical (unpaired) electrons. The van der Waals surface area contributed by atoms with E-state index in [2.05, 4.69) is 6.58 Å². The maximum absolute atomic E-state index is 8.37. The zero-order valence-corrected chi connectivity index (χ0v) is 5.46. The topological polar surface area (TPSA) is 32.3 Å². The van der Waals surface area contributed by atoms with Crippen molar-refractivity contribution in [3.8, 4) is 0 Å². The van der Waals surface area contributed by atoms with Gasteiger partial charge in [0.15, 0.2) is 0 Å². The summed E-state index contributed by atoms with van der Waals surface area (Å²) in [6.45, 7) is 5.34. The van der Waals surface area contributed by atoms with Gasteiger partial charge in [-0.05, 0) is 19.1 Å². The van der Waals surface area contributed by atoms with Gasteiger partial charge in [0.2, 0.25) is 0 Å². The molecule has 2 N–H and O–H groups in total. The van der Waals surface area contributed by atoms with Gasteiger partial charge >= 0.3 is 0 Å². The van der Waals surface area contributed by atoms with Crippen molar-refractivity contribution in [2.75, 3.05) is 0 Å². The molecular formula is C7H11NO. The van der Waals surface area contributed by atoms with Crippen LogP contribution in [0, 0.1) is 0 Å². The summed E-state index contributed by atoms with van der Waals surface area (Å²) in [5, 5.41) is 8.37. The largest absolute Gasteiger partial charge is 0.291 e. The molecule has 0 spiro atoms. The SMILES string of the molecule is C=C/C=C(\C=C/C)NO. The van der Waals surface area contributed by atoms with Crippen molar-refractivity contribution < 1.29 is 5.21 Å². The zero-order valence-electron chi connectivity index (χ0n) is 5.46. The summed E-state index contributed by atoms with van der Waals surface area (Å²) in [6, 6.07) is 0. The van der Waals surface area contributed by atoms with E-state index >= 15 is 0 Å². The third-order valence-corrected chi connectivity index (χ3v) is 0.773. The molecule has 9 heavy (non-hydrogen) atoms. The van der Waals surface area contributed by atoms with Gasteiger partial charge in [0.25, 0.3) is 0 Å². The Morgan fingerprint density at radius 3 is 2.67 bits per heavy atom. The van der Waals surface area contributed by atoms with Crippen molar-refractivity contribution in [1.29, 1.82) is 0 Å². The van der Waals surface area contributed by atoms with Crippen LogP contribution in [0.15, 0.2) is 36.6 Å². The second kappa shape index (κ2) is 5.12. The third-order valence-electron chi connectivity index (χ3n) is 0.773. The summed E-state index contributed by atoms with van der Waals surface area (Å²) in [5.41, 5.74) is 2.64. The molecule has 0 aliphatic carbocycles. The predicted molar refractivity (Wildman–Crippen MR) is 38.0 cm³/mol. The lowest BCUT2D eigenvalue weighted by Crippen LogP contribution is -2.02. The normalized spacial score (nSPS) is 12.0. The predicted octanol–water partition coefficient (Wildman–Crippen LogP) is 1.61. The molecule has 0 aromatic rings. The van der Waals surface area contributed by atoms with Gasteiger partial charge in [-0.2, -0.15) is 0 Å². The van der Waals surface area contributed by atoms with Crippen molar-refractivity contribution in [1.82, 2.24) is 5.48 Å². The van der Waals surface area contributed by atoms with Gasteiger partial charge in [-0.1, -0.05) is 18.7 Å². The molecule has 0 aliphatic rings. The summed E-state index contributed by atoms with van der Waals surface area (Å²) in [5.74, 6) is 0. The van der Waals surface area contributed by atoms with Crippen LogP contribution in [0.4, 0.5) is 0 Å². The highest BCUT2D eigenvalue weighted by Gasteiger charge is 1.80. The molecule has 0 rings (SSSR count). The molecule has 0 saturated carbocycles. The van der Waals surface area contributed by atoms with Gasteiger partial charge in [-0.3, -0.25) is 10.7 Å². The number of rotatable bonds is 3. The van der Waals surface area contributed by atoms with Crippen LogP contribution >= 0.6 is 0 Å². The van der Waals surface area contributed by atoms with E-state index in [0.717, 1.165) is 0 Å². The highest BCUT2D eigenvalue weighted by atomic mass is 16.5. The standard InChI is InChI=1S/C7H11NO/c1-3-5-7(8-9)6-4-2/h3-6,8-9H,1H2,2H3/b6-4-,7-5+. The van der Waals surface area contributed by atoms with Gasteiger partial charge in [0.1, 0.15) is 0 Å². The van der Waals surface area contributed by atoms with E-state index < -0.39 is 0 Å². The first kappa shape index (κ1) is 7.98. The molecule has 0 aromatic heterocycles. The molecule has 0 unspecified atom stereocenters. The monoisotopic (exact) mass is 125 g/mol. The van der Waals surface area contributed by atoms with Crippen molar-refractivity contribution >= 4 is 0 Å². The van der Waals surface area contributed by atoms with Crippen LogP contribution in [0.2, 0.25) is 0 Å². The first-order valence-corrected chi connectivity index (χ1v) is 2.70. The minimum atomic E-state index is 0.632.